The highest BCUT2D eigenvalue weighted by molar-refractivity contribution is 5.97. The van der Waals surface area contributed by atoms with Crippen molar-refractivity contribution >= 4 is 34.8 Å². The number of carbonyl (C=O) groups is 3. The van der Waals surface area contributed by atoms with Crippen LogP contribution in [0.3, 0.4) is 0 Å². The van der Waals surface area contributed by atoms with Gasteiger partial charge in [0.05, 0.1) is 36.9 Å². The first-order valence-corrected chi connectivity index (χ1v) is 19.0. The van der Waals surface area contributed by atoms with Gasteiger partial charge in [-0.05, 0) is 75.2 Å². The maximum absolute atomic E-state index is 12.4. The van der Waals surface area contributed by atoms with Crippen LogP contribution in [0.25, 0.3) is 0 Å². The quantitative estimate of drug-likeness (QED) is 0.0887. The zero-order chi connectivity index (χ0) is 42.7. The molecule has 3 unspecified atom stereocenters. The molecule has 3 atom stereocenters. The maximum Gasteiger partial charge on any atom is 0.255 e. The number of hydrogen-bond acceptors (Lipinski definition) is 15. The van der Waals surface area contributed by atoms with Crippen molar-refractivity contribution in [2.45, 2.75) is 65.1 Å². The van der Waals surface area contributed by atoms with Gasteiger partial charge in [0.2, 0.25) is 0 Å². The third kappa shape index (κ3) is 12.6. The van der Waals surface area contributed by atoms with Crippen LogP contribution in [-0.2, 0) is 34.0 Å². The second-order valence-corrected chi connectivity index (χ2v) is 14.7. The van der Waals surface area contributed by atoms with E-state index in [2.05, 4.69) is 30.7 Å². The van der Waals surface area contributed by atoms with E-state index in [9.17, 15) is 60.3 Å². The number of aliphatic hydroxyl groups excluding tert-OH is 6. The van der Waals surface area contributed by atoms with Crippen LogP contribution in [0.4, 0.5) is 17.1 Å². The number of rotatable bonds is 15. The van der Waals surface area contributed by atoms with E-state index in [1.165, 1.54) is 0 Å². The molecule has 0 bridgehead atoms. The molecular weight excluding hydrogens is 756 g/mol. The van der Waals surface area contributed by atoms with Gasteiger partial charge in [0, 0.05) is 62.5 Å². The minimum absolute atomic E-state index is 0.0745. The molecule has 3 aromatic carbocycles. The number of nitrogens with zero attached hydrogens (tertiary/aromatic N) is 3. The third-order valence-electron chi connectivity index (χ3n) is 9.80. The van der Waals surface area contributed by atoms with Gasteiger partial charge in [-0.15, -0.1) is 0 Å². The van der Waals surface area contributed by atoms with E-state index in [0.29, 0.717) is 62.4 Å². The van der Waals surface area contributed by atoms with Gasteiger partial charge in [-0.3, -0.25) is 29.1 Å². The molecule has 3 amide bonds. The van der Waals surface area contributed by atoms with Crippen molar-refractivity contribution in [3.05, 3.63) is 69.8 Å². The number of nitrogens with one attached hydrogen (secondary N) is 3. The van der Waals surface area contributed by atoms with E-state index >= 15 is 0 Å². The Morgan fingerprint density at radius 2 is 0.759 bits per heavy atom. The fraction of sp³-hybridized carbons (Fsp3) is 0.475. The highest BCUT2D eigenvalue weighted by atomic mass is 16.3. The normalized spacial score (nSPS) is 16.3. The van der Waals surface area contributed by atoms with Gasteiger partial charge in [0.25, 0.3) is 17.7 Å². The minimum Gasteiger partial charge on any atom is -0.505 e. The molecule has 18 nitrogen and oxygen atoms in total. The van der Waals surface area contributed by atoms with Crippen molar-refractivity contribution in [1.82, 2.24) is 14.7 Å². The monoisotopic (exact) mass is 812 g/mol. The first kappa shape index (κ1) is 45.8. The summed E-state index contributed by atoms with van der Waals surface area (Å²) in [6.07, 6.45) is -4.35. The van der Waals surface area contributed by atoms with Crippen molar-refractivity contribution < 1.29 is 60.3 Å². The number of amides is 3. The van der Waals surface area contributed by atoms with Crippen LogP contribution >= 0.6 is 0 Å². The number of aromatic hydroxyl groups is 3. The highest BCUT2D eigenvalue weighted by Gasteiger charge is 2.24. The summed E-state index contributed by atoms with van der Waals surface area (Å²) in [5.41, 5.74) is 3.97. The van der Waals surface area contributed by atoms with Crippen LogP contribution in [0.15, 0.2) is 36.4 Å². The molecule has 1 saturated heterocycles. The molecule has 0 saturated carbocycles. The Kier molecular flexibility index (Phi) is 16.8. The summed E-state index contributed by atoms with van der Waals surface area (Å²) >= 11 is 0. The topological polar surface area (TPSA) is 279 Å². The molecular formula is C40H56N6O12. The number of aliphatic hydroxyl groups is 6. The number of benzene rings is 3. The zero-order valence-electron chi connectivity index (χ0n) is 33.0. The van der Waals surface area contributed by atoms with Crippen LogP contribution in [0.1, 0.15) is 39.8 Å². The lowest BCUT2D eigenvalue weighted by Gasteiger charge is -2.33. The SMILES string of the molecule is Cc1cc(CN2CCCN(Cc3cc(C)cc(NC(=O)C(O)CO)c3O)CCN(Cc3cc(C)cc(NC(=O)C(O)CO)c3O)CC2)c(O)c(NC(=O)C(O)CO)c1. The lowest BCUT2D eigenvalue weighted by atomic mass is 10.1. The predicted molar refractivity (Wildman–Crippen MR) is 214 cm³/mol. The average molecular weight is 813 g/mol. The fourth-order valence-corrected chi connectivity index (χ4v) is 6.72. The van der Waals surface area contributed by atoms with E-state index in [1.807, 2.05) is 0 Å². The van der Waals surface area contributed by atoms with Crippen molar-refractivity contribution in [1.29, 1.82) is 0 Å². The number of carbonyl (C=O) groups excluding carboxylic acids is 3. The van der Waals surface area contributed by atoms with Gasteiger partial charge in [-0.1, -0.05) is 18.2 Å². The van der Waals surface area contributed by atoms with E-state index in [0.717, 1.165) is 16.7 Å². The van der Waals surface area contributed by atoms with Gasteiger partial charge >= 0.3 is 0 Å². The smallest absolute Gasteiger partial charge is 0.255 e. The van der Waals surface area contributed by atoms with Gasteiger partial charge < -0.3 is 61.9 Å². The summed E-state index contributed by atoms with van der Waals surface area (Å²) in [4.78, 5) is 43.4. The summed E-state index contributed by atoms with van der Waals surface area (Å²) in [6.45, 7) is 6.89. The molecule has 0 radical (unpaired) electrons. The molecule has 1 aliphatic heterocycles. The summed E-state index contributed by atoms with van der Waals surface area (Å²) in [7, 11) is 0. The number of aryl methyl sites for hydroxylation is 3. The van der Waals surface area contributed by atoms with Crippen LogP contribution in [0.2, 0.25) is 0 Å². The van der Waals surface area contributed by atoms with Crippen LogP contribution in [0, 0.1) is 20.8 Å². The van der Waals surface area contributed by atoms with Crippen molar-refractivity contribution in [3.63, 3.8) is 0 Å². The molecule has 18 heteroatoms. The van der Waals surface area contributed by atoms with Crippen LogP contribution in [0.5, 0.6) is 17.2 Å². The Balaban J connectivity index is 1.64. The first-order chi connectivity index (χ1) is 27.5. The Labute approximate surface area is 336 Å². The Hall–Kier alpha value is -4.89. The molecule has 4 rings (SSSR count). The second-order valence-electron chi connectivity index (χ2n) is 14.7. The molecule has 1 fully saturated rings. The molecule has 318 valence electrons. The first-order valence-electron chi connectivity index (χ1n) is 19.0. The molecule has 1 heterocycles. The number of phenolic OH excluding ortho intramolecular Hbond substituents is 3. The van der Waals surface area contributed by atoms with Crippen molar-refractivity contribution in [2.75, 3.05) is 75.0 Å². The van der Waals surface area contributed by atoms with Gasteiger partial charge in [0.1, 0.15) is 17.2 Å². The molecule has 1 aliphatic rings. The maximum atomic E-state index is 12.4. The fourth-order valence-electron chi connectivity index (χ4n) is 6.72. The van der Waals surface area contributed by atoms with Gasteiger partial charge in [0.15, 0.2) is 18.3 Å². The summed E-state index contributed by atoms with van der Waals surface area (Å²) < 4.78 is 0. The summed E-state index contributed by atoms with van der Waals surface area (Å²) in [6, 6.07) is 10.0. The summed E-state index contributed by atoms with van der Waals surface area (Å²) in [5.74, 6) is -3.19. The van der Waals surface area contributed by atoms with Gasteiger partial charge in [-0.25, -0.2) is 0 Å². The minimum atomic E-state index is -1.68. The van der Waals surface area contributed by atoms with E-state index in [4.69, 9.17) is 0 Å². The third-order valence-corrected chi connectivity index (χ3v) is 9.80. The van der Waals surface area contributed by atoms with Crippen LogP contribution < -0.4 is 16.0 Å². The average Bonchev–Trinajstić information content (AvgIpc) is 3.19. The lowest BCUT2D eigenvalue weighted by Crippen LogP contribution is -2.42. The van der Waals surface area contributed by atoms with Crippen LogP contribution in [-0.4, -0.2) is 156 Å². The standard InChI is InChI=1S/C40H56N6O12/c1-23-11-26(35(53)29(14-23)41-38(56)32(50)20-47)17-44-5-4-6-45(18-27-12-24(2)15-30(36(27)54)42-39(57)33(51)21-48)8-10-46(9-7-44)19-28-13-25(3)16-31(37(28)55)43-40(58)34(52)22-49/h11-16,32-34,47-55H,4-10,17-22H2,1-3H3,(H,41,56)(H,42,57)(H,43,58). The summed E-state index contributed by atoms with van der Waals surface area (Å²) in [5, 5.41) is 98.2. The van der Waals surface area contributed by atoms with Crippen molar-refractivity contribution in [3.8, 4) is 17.2 Å². The van der Waals surface area contributed by atoms with Crippen molar-refractivity contribution in [2.24, 2.45) is 0 Å². The lowest BCUT2D eigenvalue weighted by molar-refractivity contribution is -0.126. The molecule has 0 spiro atoms. The molecule has 3 aromatic rings. The molecule has 0 aromatic heterocycles. The number of anilines is 3. The Morgan fingerprint density at radius 1 is 0.500 bits per heavy atom. The molecule has 12 N–H and O–H groups in total. The largest absolute Gasteiger partial charge is 0.505 e. The number of phenols is 3. The predicted octanol–water partition coefficient (Wildman–Crippen LogP) is -0.186. The van der Waals surface area contributed by atoms with E-state index in [1.54, 1.807) is 57.2 Å². The Bertz CT molecular complexity index is 1820. The highest BCUT2D eigenvalue weighted by Crippen LogP contribution is 2.34. The zero-order valence-corrected chi connectivity index (χ0v) is 33.0. The molecule has 58 heavy (non-hydrogen) atoms. The van der Waals surface area contributed by atoms with E-state index < -0.39 is 55.9 Å². The van der Waals surface area contributed by atoms with E-state index in [-0.39, 0.29) is 53.9 Å². The number of hydrogen-bond donors (Lipinski definition) is 12. The Morgan fingerprint density at radius 3 is 1.02 bits per heavy atom. The molecule has 0 aliphatic carbocycles. The van der Waals surface area contributed by atoms with Gasteiger partial charge in [-0.2, -0.15) is 0 Å². The second kappa shape index (κ2) is 21.2.